The van der Waals surface area contributed by atoms with Crippen molar-refractivity contribution >= 4 is 21.5 Å². The van der Waals surface area contributed by atoms with Crippen molar-refractivity contribution in [2.24, 2.45) is 5.73 Å². The fraction of sp³-hybridized carbons (Fsp3) is 0.611. The molecule has 3 rings (SSSR count). The molecule has 10 N–H and O–H groups in total. The van der Waals surface area contributed by atoms with Crippen LogP contribution >= 0.6 is 0 Å². The van der Waals surface area contributed by atoms with Crippen molar-refractivity contribution in [1.29, 1.82) is 0 Å². The molecule has 0 saturated heterocycles. The third kappa shape index (κ3) is 21.6. The van der Waals surface area contributed by atoms with E-state index in [9.17, 15) is 0 Å². The number of benzene rings is 3. The quantitative estimate of drug-likeness (QED) is 0.194. The molecule has 3 aromatic rings. The smallest absolute Gasteiger partial charge is 0.0815 e. The summed E-state index contributed by atoms with van der Waals surface area (Å²) in [5, 5.41) is 19.1. The fourth-order valence-corrected chi connectivity index (χ4v) is 4.46. The van der Waals surface area contributed by atoms with E-state index in [0.717, 1.165) is 45.9 Å². The van der Waals surface area contributed by atoms with E-state index in [2.05, 4.69) is 106 Å². The van der Waals surface area contributed by atoms with Crippen LogP contribution in [-0.2, 0) is 16.1 Å². The van der Waals surface area contributed by atoms with Crippen LogP contribution in [-0.4, -0.2) is 101 Å². The number of nitrogens with two attached hydrogens (primary N) is 1. The van der Waals surface area contributed by atoms with Crippen LogP contribution in [0.3, 0.4) is 0 Å². The number of hydroxylamine groups is 2. The average Bonchev–Trinajstić information content (AvgIpc) is 2.88. The Morgan fingerprint density at radius 3 is 1.72 bits per heavy atom. The lowest BCUT2D eigenvalue weighted by atomic mass is 9.97. The number of hydrogen-bond donors (Lipinski definition) is 3. The van der Waals surface area contributed by atoms with Crippen LogP contribution in [0.25, 0.3) is 21.5 Å². The summed E-state index contributed by atoms with van der Waals surface area (Å²) in [6.45, 7) is 26.3. The van der Waals surface area contributed by atoms with E-state index in [4.69, 9.17) is 20.4 Å². The Bertz CT molecular complexity index is 1180. The largest absolute Gasteiger partial charge is 0.412 e. The predicted molar refractivity (Wildman–Crippen MR) is 196 cm³/mol. The van der Waals surface area contributed by atoms with Crippen molar-refractivity contribution in [3.63, 3.8) is 0 Å². The Morgan fingerprint density at radius 1 is 0.739 bits per heavy atom. The first kappa shape index (κ1) is 48.2. The summed E-state index contributed by atoms with van der Waals surface area (Å²) < 4.78 is 5.23. The van der Waals surface area contributed by atoms with Gasteiger partial charge >= 0.3 is 0 Å². The van der Waals surface area contributed by atoms with Gasteiger partial charge in [0.15, 0.2) is 0 Å². The zero-order valence-corrected chi connectivity index (χ0v) is 30.6. The third-order valence-corrected chi connectivity index (χ3v) is 5.95. The molecule has 0 aliphatic carbocycles. The van der Waals surface area contributed by atoms with Crippen LogP contribution in [0.4, 0.5) is 0 Å². The molecule has 0 atom stereocenters. The third-order valence-electron chi connectivity index (χ3n) is 5.95. The fourth-order valence-electron chi connectivity index (χ4n) is 4.46. The summed E-state index contributed by atoms with van der Waals surface area (Å²) in [6, 6.07) is 19.8. The Hall–Kier alpha value is -2.22. The number of fused-ring (bicyclic) bond motifs is 3. The van der Waals surface area contributed by atoms with Gasteiger partial charge in [0, 0.05) is 52.4 Å². The zero-order chi connectivity index (χ0) is 32.7. The summed E-state index contributed by atoms with van der Waals surface area (Å²) >= 11 is 0. The van der Waals surface area contributed by atoms with Gasteiger partial charge in [0.05, 0.1) is 16.8 Å². The molecular formula is C36H68N4O6. The number of hydrogen-bond acceptors (Lipinski definition) is 7. The molecule has 0 heterocycles. The maximum absolute atomic E-state index is 8.52. The number of aliphatic hydroxyl groups is 1. The van der Waals surface area contributed by atoms with Crippen molar-refractivity contribution < 1.29 is 31.1 Å². The van der Waals surface area contributed by atoms with Crippen molar-refractivity contribution in [3.8, 4) is 0 Å². The highest BCUT2D eigenvalue weighted by Gasteiger charge is 2.18. The van der Waals surface area contributed by atoms with Gasteiger partial charge in [-0.05, 0) is 109 Å². The predicted octanol–water partition coefficient (Wildman–Crippen LogP) is 4.13. The van der Waals surface area contributed by atoms with Gasteiger partial charge in [-0.25, -0.2) is 0 Å². The van der Waals surface area contributed by atoms with Gasteiger partial charge in [-0.15, -0.1) is 0 Å². The van der Waals surface area contributed by atoms with Crippen molar-refractivity contribution in [2.75, 3.05) is 52.9 Å². The Morgan fingerprint density at radius 2 is 1.26 bits per heavy atom. The number of rotatable bonds is 12. The second-order valence-corrected chi connectivity index (χ2v) is 13.8. The van der Waals surface area contributed by atoms with E-state index >= 15 is 0 Å². The number of ether oxygens (including phenoxy) is 1. The van der Waals surface area contributed by atoms with Gasteiger partial charge in [-0.3, -0.25) is 9.74 Å². The molecule has 46 heavy (non-hydrogen) atoms. The minimum atomic E-state index is -0.500. The van der Waals surface area contributed by atoms with E-state index in [0.29, 0.717) is 6.54 Å². The van der Waals surface area contributed by atoms with Crippen LogP contribution in [0, 0.1) is 0 Å². The summed E-state index contributed by atoms with van der Waals surface area (Å²) in [7, 11) is 2.01. The van der Waals surface area contributed by atoms with Crippen LogP contribution in [0.15, 0.2) is 54.6 Å². The number of nitrogens with zero attached hydrogens (tertiary/aromatic N) is 2. The van der Waals surface area contributed by atoms with E-state index in [-0.39, 0.29) is 27.6 Å². The second-order valence-electron chi connectivity index (χ2n) is 13.8. The van der Waals surface area contributed by atoms with E-state index in [1.807, 2.05) is 19.0 Å². The molecule has 0 unspecified atom stereocenters. The maximum Gasteiger partial charge on any atom is 0.0815 e. The van der Waals surface area contributed by atoms with Gasteiger partial charge in [0.25, 0.3) is 0 Å². The SMILES string of the molecule is CC(C)(C)O.CCOC(C)(C)C.CNCCN(CCN(CCN)OC(C)(C)C)Cc1cc2ccccc2c2ccccc12.O.O.O. The lowest BCUT2D eigenvalue weighted by Crippen LogP contribution is -2.42. The van der Waals surface area contributed by atoms with Crippen LogP contribution in [0.1, 0.15) is 74.8 Å². The molecule has 0 saturated carbocycles. The van der Waals surface area contributed by atoms with Crippen LogP contribution in [0.2, 0.25) is 0 Å². The first-order valence-electron chi connectivity index (χ1n) is 15.7. The maximum atomic E-state index is 8.52. The van der Waals surface area contributed by atoms with Crippen molar-refractivity contribution in [1.82, 2.24) is 15.3 Å². The average molecular weight is 653 g/mol. The standard InChI is InChI=1S/C26H38N4O.C6H14O.C4H10O.3H2O/c1-26(2,3)31-30(15-13-27)18-17-29(16-14-28-4)20-22-19-21-9-5-6-10-23(21)25-12-8-7-11-24(22)25;1-5-7-6(2,3)4;1-4(2,3)5;;;/h5-12,19,28H,13-18,20,27H2,1-4H3;5H2,1-4H3;5H,1-3H3;3*1H2. The number of likely N-dealkylation sites (N-methyl/N-ethyl adjacent to an activating group) is 1. The highest BCUT2D eigenvalue weighted by atomic mass is 16.7. The second kappa shape index (κ2) is 23.2. The van der Waals surface area contributed by atoms with E-state index in [1.165, 1.54) is 27.1 Å². The van der Waals surface area contributed by atoms with Crippen molar-refractivity contribution in [2.45, 2.75) is 92.6 Å². The molecule has 10 nitrogen and oxygen atoms in total. The molecule has 3 aromatic carbocycles. The topological polar surface area (TPSA) is 178 Å². The monoisotopic (exact) mass is 653 g/mol. The molecular weight excluding hydrogens is 584 g/mol. The Labute approximate surface area is 279 Å². The van der Waals surface area contributed by atoms with Gasteiger partial charge in [-0.1, -0.05) is 48.5 Å². The normalized spacial score (nSPS) is 11.5. The summed E-state index contributed by atoms with van der Waals surface area (Å²) in [4.78, 5) is 8.62. The highest BCUT2D eigenvalue weighted by Crippen LogP contribution is 2.29. The molecule has 0 bridgehead atoms. The molecule has 0 spiro atoms. The van der Waals surface area contributed by atoms with Crippen molar-refractivity contribution in [3.05, 3.63) is 60.2 Å². The van der Waals surface area contributed by atoms with Gasteiger partial charge in [-0.2, -0.15) is 5.06 Å². The zero-order valence-electron chi connectivity index (χ0n) is 30.6. The first-order valence-corrected chi connectivity index (χ1v) is 15.7. The van der Waals surface area contributed by atoms with E-state index < -0.39 is 5.60 Å². The van der Waals surface area contributed by atoms with Gasteiger partial charge < -0.3 is 37.3 Å². The number of nitrogens with one attached hydrogen (secondary N) is 1. The molecule has 0 fully saturated rings. The Kier molecular flexibility index (Phi) is 24.3. The lowest BCUT2D eigenvalue weighted by molar-refractivity contribution is -0.228. The molecule has 0 aliphatic heterocycles. The molecule has 0 aliphatic rings. The molecule has 0 radical (unpaired) electrons. The molecule has 268 valence electrons. The summed E-state index contributed by atoms with van der Waals surface area (Å²) in [6.07, 6.45) is 0. The molecule has 0 aromatic heterocycles. The minimum absolute atomic E-state index is 0. The summed E-state index contributed by atoms with van der Waals surface area (Å²) in [5.74, 6) is 0. The first-order chi connectivity index (χ1) is 20.0. The van der Waals surface area contributed by atoms with Gasteiger partial charge in [0.1, 0.15) is 0 Å². The highest BCUT2D eigenvalue weighted by molar-refractivity contribution is 6.08. The lowest BCUT2D eigenvalue weighted by Gasteiger charge is -2.32. The van der Waals surface area contributed by atoms with Crippen LogP contribution in [0.5, 0.6) is 0 Å². The molecule has 10 heteroatoms. The molecule has 0 amide bonds. The summed E-state index contributed by atoms with van der Waals surface area (Å²) in [5.41, 5.74) is 6.52. The van der Waals surface area contributed by atoms with E-state index in [1.54, 1.807) is 20.8 Å². The van der Waals surface area contributed by atoms with Crippen LogP contribution < -0.4 is 11.1 Å². The Balaban J connectivity index is -0.00000105. The minimum Gasteiger partial charge on any atom is -0.412 e. The van der Waals surface area contributed by atoms with Gasteiger partial charge in [0.2, 0.25) is 0 Å².